The van der Waals surface area contributed by atoms with Gasteiger partial charge >= 0.3 is 13.8 Å². The fourth-order valence-electron chi connectivity index (χ4n) is 7.92. The molecule has 0 aromatic rings. The Labute approximate surface area is 455 Å². The van der Waals surface area contributed by atoms with E-state index in [0.29, 0.717) is 23.9 Å². The van der Waals surface area contributed by atoms with Gasteiger partial charge in [-0.3, -0.25) is 18.6 Å². The molecule has 0 bridgehead atoms. The number of hydrogen-bond donors (Lipinski definition) is 2. The van der Waals surface area contributed by atoms with Crippen molar-refractivity contribution >= 4 is 19.7 Å². The zero-order valence-electron chi connectivity index (χ0n) is 48.3. The lowest BCUT2D eigenvalue weighted by molar-refractivity contribution is -0.870. The molecule has 0 radical (unpaired) electrons. The smallest absolute Gasteiger partial charge is 0.456 e. The third-order valence-corrected chi connectivity index (χ3v) is 13.4. The zero-order chi connectivity index (χ0) is 54.3. The molecule has 0 fully saturated rings. The highest BCUT2D eigenvalue weighted by Crippen LogP contribution is 2.43. The van der Waals surface area contributed by atoms with Crippen LogP contribution in [0.4, 0.5) is 0 Å². The third kappa shape index (κ3) is 53.5. The van der Waals surface area contributed by atoms with Crippen molar-refractivity contribution in [3.63, 3.8) is 0 Å². The van der Waals surface area contributed by atoms with E-state index < -0.39 is 20.0 Å². The number of carbonyl (C=O) groups excluding carboxylic acids is 2. The lowest BCUT2D eigenvalue weighted by atomic mass is 10.1. The molecule has 0 aromatic carbocycles. The number of phosphoric acid groups is 1. The van der Waals surface area contributed by atoms with Crippen molar-refractivity contribution in [3.05, 3.63) is 109 Å². The van der Waals surface area contributed by atoms with Crippen molar-refractivity contribution < 1.29 is 37.3 Å². The predicted octanol–water partition coefficient (Wildman–Crippen LogP) is 18.2. The molecule has 3 unspecified atom stereocenters. The van der Waals surface area contributed by atoms with Gasteiger partial charge in [0.2, 0.25) is 5.91 Å². The third-order valence-electron chi connectivity index (χ3n) is 12.5. The molecule has 0 saturated heterocycles. The van der Waals surface area contributed by atoms with E-state index in [2.05, 4.69) is 123 Å². The van der Waals surface area contributed by atoms with Crippen LogP contribution in [0.25, 0.3) is 0 Å². The summed E-state index contributed by atoms with van der Waals surface area (Å²) < 4.78 is 30.6. The van der Waals surface area contributed by atoms with Gasteiger partial charge in [-0.2, -0.15) is 0 Å². The van der Waals surface area contributed by atoms with Crippen LogP contribution in [0.2, 0.25) is 0 Å². The number of hydrogen-bond acceptors (Lipinski definition) is 6. The standard InChI is InChI=1S/C64H111N2O7P/c1-7-10-13-16-19-22-25-27-29-30-31-32-33-34-35-36-37-39-42-45-48-51-54-57-64(68)73-62(55-52-49-46-43-40-24-21-18-15-12-9-3)61(60-72-74(69,70)71-59-58-66(4,5)6)65-63(67)56-53-50-47-44-41-38-28-26-23-20-17-14-11-8-2/h10-11,13-14,19-20,22-23,27-29,31-32,34-35,38,52,55,61-62H,7-9,12,15-18,21,24-26,30,33,36-37,39-51,53-54,56-60H2,1-6H3,(H-,65,67,69,70)/p+1/b13-10-,14-11+,22-19-,23-20+,29-27-,32-31-,35-34-,38-28+,55-52-. The fourth-order valence-corrected chi connectivity index (χ4v) is 8.66. The Hall–Kier alpha value is -3.33. The predicted molar refractivity (Wildman–Crippen MR) is 318 cm³/mol. The van der Waals surface area contributed by atoms with E-state index >= 15 is 0 Å². The van der Waals surface area contributed by atoms with Crippen LogP contribution in [0.1, 0.15) is 233 Å². The van der Waals surface area contributed by atoms with Crippen molar-refractivity contribution in [1.82, 2.24) is 5.32 Å². The van der Waals surface area contributed by atoms with Crippen LogP contribution < -0.4 is 5.32 Å². The van der Waals surface area contributed by atoms with Crippen LogP contribution in [-0.2, 0) is 27.9 Å². The molecule has 0 spiro atoms. The molecule has 424 valence electrons. The Morgan fingerprint density at radius 2 is 0.865 bits per heavy atom. The highest BCUT2D eigenvalue weighted by Gasteiger charge is 2.30. The first-order chi connectivity index (χ1) is 35.9. The lowest BCUT2D eigenvalue weighted by Gasteiger charge is -2.27. The van der Waals surface area contributed by atoms with Crippen molar-refractivity contribution in [2.45, 2.75) is 245 Å². The van der Waals surface area contributed by atoms with Gasteiger partial charge in [0.1, 0.15) is 19.3 Å². The summed E-state index contributed by atoms with van der Waals surface area (Å²) in [6.07, 6.45) is 72.3. The maximum atomic E-state index is 13.5. The maximum absolute atomic E-state index is 13.5. The number of allylic oxidation sites excluding steroid dienone is 17. The highest BCUT2D eigenvalue weighted by molar-refractivity contribution is 7.47. The van der Waals surface area contributed by atoms with E-state index in [1.165, 1.54) is 64.2 Å². The molecular formula is C64H112N2O7P+. The van der Waals surface area contributed by atoms with Gasteiger partial charge in [-0.15, -0.1) is 0 Å². The van der Waals surface area contributed by atoms with E-state index in [0.717, 1.165) is 128 Å². The molecule has 74 heavy (non-hydrogen) atoms. The van der Waals surface area contributed by atoms with Crippen molar-refractivity contribution in [2.24, 2.45) is 0 Å². The van der Waals surface area contributed by atoms with E-state index in [4.69, 9.17) is 13.8 Å². The first-order valence-electron chi connectivity index (χ1n) is 29.7. The number of phosphoric ester groups is 1. The largest absolute Gasteiger partial charge is 0.472 e. The molecule has 1 amide bonds. The summed E-state index contributed by atoms with van der Waals surface area (Å²) in [4.78, 5) is 37.6. The van der Waals surface area contributed by atoms with Crippen molar-refractivity contribution in [1.29, 1.82) is 0 Å². The minimum atomic E-state index is -4.46. The molecule has 9 nitrogen and oxygen atoms in total. The number of nitrogens with one attached hydrogen (secondary N) is 1. The monoisotopic (exact) mass is 1050 g/mol. The zero-order valence-corrected chi connectivity index (χ0v) is 49.2. The van der Waals surface area contributed by atoms with Gasteiger partial charge < -0.3 is 19.4 Å². The summed E-state index contributed by atoms with van der Waals surface area (Å²) in [7, 11) is 1.46. The molecule has 0 aliphatic rings. The first kappa shape index (κ1) is 70.7. The summed E-state index contributed by atoms with van der Waals surface area (Å²) in [5.41, 5.74) is 0. The summed E-state index contributed by atoms with van der Waals surface area (Å²) in [5.74, 6) is -0.552. The number of esters is 1. The molecular weight excluding hydrogens is 940 g/mol. The molecule has 0 saturated carbocycles. The molecule has 0 aromatic heterocycles. The molecule has 0 aliphatic carbocycles. The molecule has 0 aliphatic heterocycles. The maximum Gasteiger partial charge on any atom is 0.472 e. The van der Waals surface area contributed by atoms with Gasteiger partial charge in [-0.1, -0.05) is 220 Å². The van der Waals surface area contributed by atoms with Gasteiger partial charge in [-0.05, 0) is 109 Å². The molecule has 10 heteroatoms. The number of quaternary nitrogens is 1. The van der Waals surface area contributed by atoms with E-state index in [1.54, 1.807) is 0 Å². The Bertz CT molecular complexity index is 1640. The Morgan fingerprint density at radius 3 is 1.30 bits per heavy atom. The minimum absolute atomic E-state index is 0.0280. The van der Waals surface area contributed by atoms with Crippen LogP contribution in [0, 0.1) is 0 Å². The first-order valence-corrected chi connectivity index (χ1v) is 31.2. The second-order valence-electron chi connectivity index (χ2n) is 20.8. The summed E-state index contributed by atoms with van der Waals surface area (Å²) in [6, 6.07) is -0.871. The lowest BCUT2D eigenvalue weighted by Crippen LogP contribution is -2.47. The van der Waals surface area contributed by atoms with Gasteiger partial charge in [0, 0.05) is 12.8 Å². The number of nitrogens with zero attached hydrogens (tertiary/aromatic N) is 1. The second-order valence-corrected chi connectivity index (χ2v) is 22.2. The van der Waals surface area contributed by atoms with Crippen LogP contribution in [0.5, 0.6) is 0 Å². The Morgan fingerprint density at radius 1 is 0.486 bits per heavy atom. The SMILES string of the molecule is CC/C=C\C/C=C\C/C=C\C/C=C\C/C=C\CCCCCCCCCC(=O)OC(/C=C\CCCCCCCCCCC)C(COP(=O)(O)OCC[N+](C)(C)C)NC(=O)CCCCCC/C=C/C/C=C/C/C=C/CC. The number of rotatable bonds is 52. The van der Waals surface area contributed by atoms with Gasteiger partial charge in [0.25, 0.3) is 0 Å². The Kier molecular flexibility index (Phi) is 50.7. The van der Waals surface area contributed by atoms with Crippen LogP contribution in [0.15, 0.2) is 109 Å². The van der Waals surface area contributed by atoms with E-state index in [-0.39, 0.29) is 31.5 Å². The van der Waals surface area contributed by atoms with Crippen LogP contribution in [0.3, 0.4) is 0 Å². The van der Waals surface area contributed by atoms with Gasteiger partial charge in [0.15, 0.2) is 0 Å². The molecule has 0 rings (SSSR count). The molecule has 3 atom stereocenters. The summed E-state index contributed by atoms with van der Waals surface area (Å²) in [6.45, 7) is 6.73. The van der Waals surface area contributed by atoms with E-state index in [9.17, 15) is 19.0 Å². The number of likely N-dealkylation sites (N-methyl/N-ethyl adjacent to an activating group) is 1. The average Bonchev–Trinajstić information content (AvgIpc) is 3.36. The summed E-state index contributed by atoms with van der Waals surface area (Å²) in [5, 5.41) is 3.03. The number of ether oxygens (including phenoxy) is 1. The van der Waals surface area contributed by atoms with Crippen LogP contribution >= 0.6 is 7.82 Å². The quantitative estimate of drug-likeness (QED) is 0.0205. The fraction of sp³-hybridized carbons (Fsp3) is 0.688. The summed E-state index contributed by atoms with van der Waals surface area (Å²) >= 11 is 0. The normalized spacial score (nSPS) is 14.5. The van der Waals surface area contributed by atoms with E-state index in [1.807, 2.05) is 33.3 Å². The number of carbonyl (C=O) groups is 2. The highest BCUT2D eigenvalue weighted by atomic mass is 31.2. The van der Waals surface area contributed by atoms with Crippen molar-refractivity contribution in [2.75, 3.05) is 40.9 Å². The number of amides is 1. The van der Waals surface area contributed by atoms with Gasteiger partial charge in [-0.25, -0.2) is 4.57 Å². The number of unbranched alkanes of at least 4 members (excludes halogenated alkanes) is 20. The molecule has 2 N–H and O–H groups in total. The van der Waals surface area contributed by atoms with Crippen molar-refractivity contribution in [3.8, 4) is 0 Å². The van der Waals surface area contributed by atoms with Crippen LogP contribution in [-0.4, -0.2) is 74.3 Å². The minimum Gasteiger partial charge on any atom is -0.456 e. The second kappa shape index (κ2) is 53.1. The average molecular weight is 1050 g/mol. The molecule has 0 heterocycles. The van der Waals surface area contributed by atoms with Gasteiger partial charge in [0.05, 0.1) is 33.8 Å². The Balaban J connectivity index is 5.26. The topological polar surface area (TPSA) is 111 Å².